The predicted octanol–water partition coefficient (Wildman–Crippen LogP) is 5.93. The normalized spacial score (nSPS) is 14.9. The molecule has 5 nitrogen and oxygen atoms in total. The molecule has 0 spiro atoms. The third-order valence-corrected chi connectivity index (χ3v) is 7.11. The smallest absolute Gasteiger partial charge is 0.256 e. The zero-order valence-electron chi connectivity index (χ0n) is 19.6. The van der Waals surface area contributed by atoms with Crippen LogP contribution >= 0.6 is 11.8 Å². The van der Waals surface area contributed by atoms with Gasteiger partial charge in [-0.05, 0) is 62.6 Å². The van der Waals surface area contributed by atoms with Gasteiger partial charge in [-0.2, -0.15) is 0 Å². The number of hydrogen-bond donors (Lipinski definition) is 0. The molecule has 1 saturated heterocycles. The third kappa shape index (κ3) is 5.78. The lowest BCUT2D eigenvalue weighted by atomic mass is 10.1. The Bertz CT molecular complexity index is 1010. The molecule has 32 heavy (non-hydrogen) atoms. The van der Waals surface area contributed by atoms with Crippen LogP contribution in [0.15, 0.2) is 46.0 Å². The van der Waals surface area contributed by atoms with E-state index in [1.54, 1.807) is 18.9 Å². The van der Waals surface area contributed by atoms with E-state index in [0.29, 0.717) is 0 Å². The number of benzene rings is 2. The Morgan fingerprint density at radius 3 is 2.59 bits per heavy atom. The lowest BCUT2D eigenvalue weighted by molar-refractivity contribution is 0.251. The number of aromatic nitrogens is 1. The van der Waals surface area contributed by atoms with Crippen LogP contribution in [0.25, 0.3) is 11.1 Å². The highest BCUT2D eigenvalue weighted by Gasteiger charge is 2.19. The summed E-state index contributed by atoms with van der Waals surface area (Å²) in [5.41, 5.74) is 5.54. The second-order valence-electron chi connectivity index (χ2n) is 8.67. The van der Waals surface area contributed by atoms with Gasteiger partial charge in [0.1, 0.15) is 11.3 Å². The number of ether oxygens (including phenoxy) is 1. The largest absolute Gasteiger partial charge is 0.495 e. The molecule has 1 aromatic heterocycles. The number of anilines is 1. The number of methoxy groups -OCH3 is 1. The van der Waals surface area contributed by atoms with Gasteiger partial charge in [-0.1, -0.05) is 42.8 Å². The number of oxazole rings is 1. The fourth-order valence-electron chi connectivity index (χ4n) is 4.47. The second-order valence-corrected chi connectivity index (χ2v) is 9.72. The molecule has 0 aliphatic carbocycles. The molecule has 172 valence electrons. The molecule has 0 radical (unpaired) electrons. The molecule has 0 amide bonds. The van der Waals surface area contributed by atoms with Gasteiger partial charge < -0.3 is 14.1 Å². The van der Waals surface area contributed by atoms with E-state index >= 15 is 0 Å². The van der Waals surface area contributed by atoms with Crippen LogP contribution in [0, 0.1) is 13.8 Å². The number of fused-ring (bicyclic) bond motifs is 1. The van der Waals surface area contributed by atoms with E-state index < -0.39 is 0 Å². The van der Waals surface area contributed by atoms with E-state index in [1.165, 1.54) is 49.0 Å². The van der Waals surface area contributed by atoms with Gasteiger partial charge in [0.2, 0.25) is 0 Å². The number of aryl methyl sites for hydroxylation is 2. The van der Waals surface area contributed by atoms with Crippen molar-refractivity contribution in [3.05, 3.63) is 47.5 Å². The molecule has 2 aromatic carbocycles. The minimum atomic E-state index is 0.807. The van der Waals surface area contributed by atoms with E-state index in [-0.39, 0.29) is 0 Å². The summed E-state index contributed by atoms with van der Waals surface area (Å²) in [6.45, 7) is 9.80. The van der Waals surface area contributed by atoms with Crippen molar-refractivity contribution in [1.82, 2.24) is 9.88 Å². The lowest BCUT2D eigenvalue weighted by Crippen LogP contribution is -2.46. The van der Waals surface area contributed by atoms with Crippen molar-refractivity contribution in [2.75, 3.05) is 50.5 Å². The Morgan fingerprint density at radius 2 is 1.78 bits per heavy atom. The molecule has 0 unspecified atom stereocenters. The quantitative estimate of drug-likeness (QED) is 0.281. The highest BCUT2D eigenvalue weighted by molar-refractivity contribution is 7.99. The van der Waals surface area contributed by atoms with Crippen LogP contribution in [0.1, 0.15) is 36.8 Å². The molecule has 1 fully saturated rings. The number of piperazine rings is 1. The van der Waals surface area contributed by atoms with Gasteiger partial charge in [0.25, 0.3) is 5.22 Å². The van der Waals surface area contributed by atoms with Crippen molar-refractivity contribution in [1.29, 1.82) is 0 Å². The summed E-state index contributed by atoms with van der Waals surface area (Å²) in [5, 5.41) is 0.807. The monoisotopic (exact) mass is 452 g/mol. The van der Waals surface area contributed by atoms with Crippen LogP contribution in [-0.2, 0) is 0 Å². The van der Waals surface area contributed by atoms with Gasteiger partial charge in [0.15, 0.2) is 5.58 Å². The topological polar surface area (TPSA) is 41.7 Å². The summed E-state index contributed by atoms with van der Waals surface area (Å²) in [6.07, 6.45) is 5.05. The minimum Gasteiger partial charge on any atom is -0.495 e. The van der Waals surface area contributed by atoms with Crippen LogP contribution in [0.3, 0.4) is 0 Å². The van der Waals surface area contributed by atoms with E-state index in [0.717, 1.165) is 54.0 Å². The first-order valence-electron chi connectivity index (χ1n) is 11.7. The molecule has 1 aliphatic heterocycles. The summed E-state index contributed by atoms with van der Waals surface area (Å²) in [5.74, 6) is 2.05. The number of para-hydroxylation sites is 2. The van der Waals surface area contributed by atoms with Crippen LogP contribution in [0.5, 0.6) is 5.75 Å². The molecule has 3 aromatic rings. The van der Waals surface area contributed by atoms with Crippen LogP contribution in [-0.4, -0.2) is 55.5 Å². The SMILES string of the molecule is Cc1cc(C)c2oc(SCCCCCCN3CCN(c4ccccc4O[11CH3])CC3)nc2c1. The molecule has 0 N–H and O–H groups in total. The van der Waals surface area contributed by atoms with Crippen molar-refractivity contribution in [3.63, 3.8) is 0 Å². The Morgan fingerprint density at radius 1 is 1.00 bits per heavy atom. The van der Waals surface area contributed by atoms with Crippen LogP contribution in [0.4, 0.5) is 5.69 Å². The molecular formula is C26H35N3O2S. The predicted molar refractivity (Wildman–Crippen MR) is 134 cm³/mol. The maximum atomic E-state index is 5.95. The molecule has 0 bridgehead atoms. The zero-order valence-corrected chi connectivity index (χ0v) is 20.4. The average Bonchev–Trinajstić information content (AvgIpc) is 3.22. The number of rotatable bonds is 10. The van der Waals surface area contributed by atoms with Crippen molar-refractivity contribution in [2.45, 2.75) is 44.8 Å². The van der Waals surface area contributed by atoms with Crippen molar-refractivity contribution >= 4 is 28.5 Å². The number of hydrogen-bond acceptors (Lipinski definition) is 6. The van der Waals surface area contributed by atoms with E-state index in [1.807, 2.05) is 12.1 Å². The number of nitrogens with zero attached hydrogens (tertiary/aromatic N) is 3. The minimum absolute atomic E-state index is 0.807. The summed E-state index contributed by atoms with van der Waals surface area (Å²) < 4.78 is 11.5. The molecule has 0 saturated carbocycles. The van der Waals surface area contributed by atoms with Gasteiger partial charge in [0, 0.05) is 31.9 Å². The first-order valence-corrected chi connectivity index (χ1v) is 12.7. The van der Waals surface area contributed by atoms with Gasteiger partial charge in [-0.15, -0.1) is 0 Å². The van der Waals surface area contributed by atoms with Gasteiger partial charge in [0.05, 0.1) is 12.8 Å². The first kappa shape index (κ1) is 23.0. The summed E-state index contributed by atoms with van der Waals surface area (Å²) in [4.78, 5) is 9.69. The summed E-state index contributed by atoms with van der Waals surface area (Å²) in [7, 11) is 1.75. The zero-order chi connectivity index (χ0) is 22.3. The van der Waals surface area contributed by atoms with Crippen LogP contribution < -0.4 is 9.64 Å². The van der Waals surface area contributed by atoms with Crippen molar-refractivity contribution in [2.24, 2.45) is 0 Å². The van der Waals surface area contributed by atoms with Gasteiger partial charge in [-0.3, -0.25) is 4.90 Å². The summed E-state index contributed by atoms with van der Waals surface area (Å²) >= 11 is 1.74. The fraction of sp³-hybridized carbons (Fsp3) is 0.500. The molecule has 1 aliphatic rings. The Kier molecular flexibility index (Phi) is 7.98. The lowest BCUT2D eigenvalue weighted by Gasteiger charge is -2.36. The van der Waals surface area contributed by atoms with E-state index in [9.17, 15) is 0 Å². The first-order chi connectivity index (χ1) is 15.6. The average molecular weight is 453 g/mol. The molecule has 4 rings (SSSR count). The van der Waals surface area contributed by atoms with Gasteiger partial charge >= 0.3 is 0 Å². The number of thioether (sulfide) groups is 1. The molecule has 0 atom stereocenters. The Labute approximate surface area is 196 Å². The molecule has 2 heterocycles. The third-order valence-electron chi connectivity index (χ3n) is 6.19. The molecule has 6 heteroatoms. The van der Waals surface area contributed by atoms with Crippen LogP contribution in [0.2, 0.25) is 0 Å². The summed E-state index contributed by atoms with van der Waals surface area (Å²) in [6, 6.07) is 12.6. The highest BCUT2D eigenvalue weighted by Crippen LogP contribution is 2.29. The second kappa shape index (κ2) is 11.1. The maximum absolute atomic E-state index is 5.95. The van der Waals surface area contributed by atoms with Crippen molar-refractivity contribution < 1.29 is 9.15 Å². The standard InChI is InChI=1S/C26H35N3O2S/c1-20-18-21(2)25-22(19-20)27-26(31-25)32-17-9-5-4-8-12-28-13-15-29(16-14-28)23-10-6-7-11-24(23)30-3/h6-7,10-11,18-19H,4-5,8-9,12-17H2,1-3H3/i3-1. The molecular weight excluding hydrogens is 417 g/mol. The van der Waals surface area contributed by atoms with E-state index in [4.69, 9.17) is 9.15 Å². The van der Waals surface area contributed by atoms with Gasteiger partial charge in [-0.25, -0.2) is 4.98 Å². The maximum Gasteiger partial charge on any atom is 0.256 e. The highest BCUT2D eigenvalue weighted by atomic mass is 32.2. The van der Waals surface area contributed by atoms with E-state index in [2.05, 4.69) is 52.9 Å². The Hall–Kier alpha value is -2.18. The number of unbranched alkanes of at least 4 members (excludes halogenated alkanes) is 3. The Balaban J connectivity index is 1.10. The fourth-order valence-corrected chi connectivity index (χ4v) is 5.30. The van der Waals surface area contributed by atoms with Crippen molar-refractivity contribution in [3.8, 4) is 5.75 Å².